The average Bonchev–Trinajstić information content (AvgIpc) is 2.99. The van der Waals surface area contributed by atoms with Crippen LogP contribution >= 0.6 is 11.3 Å². The molecular formula is C24H25N7O3S. The van der Waals surface area contributed by atoms with Gasteiger partial charge < -0.3 is 15.8 Å². The SMILES string of the molecule is Cc1ccc(Nc2nc(N)nc(COC(=O)c3sc4nc5n(c(=O)c4c3C)CCCCC5)n2)cc1. The first-order chi connectivity index (χ1) is 16.9. The summed E-state index contributed by atoms with van der Waals surface area (Å²) >= 11 is 1.18. The molecule has 0 fully saturated rings. The fourth-order valence-corrected chi connectivity index (χ4v) is 5.21. The van der Waals surface area contributed by atoms with E-state index in [1.807, 2.05) is 31.2 Å². The monoisotopic (exact) mass is 491 g/mol. The van der Waals surface area contributed by atoms with Gasteiger partial charge in [0.05, 0.1) is 5.39 Å². The number of thiophene rings is 1. The molecule has 4 aromatic rings. The number of aromatic nitrogens is 5. The molecule has 0 atom stereocenters. The summed E-state index contributed by atoms with van der Waals surface area (Å²) in [7, 11) is 0. The van der Waals surface area contributed by atoms with Gasteiger partial charge in [-0.1, -0.05) is 24.1 Å². The predicted molar refractivity (Wildman–Crippen MR) is 134 cm³/mol. The molecule has 0 aliphatic carbocycles. The molecule has 0 saturated heterocycles. The van der Waals surface area contributed by atoms with Crippen LogP contribution in [0.2, 0.25) is 0 Å². The summed E-state index contributed by atoms with van der Waals surface area (Å²) < 4.78 is 7.23. The molecular weight excluding hydrogens is 466 g/mol. The molecule has 0 spiro atoms. The van der Waals surface area contributed by atoms with Crippen molar-refractivity contribution in [3.05, 3.63) is 62.3 Å². The highest BCUT2D eigenvalue weighted by Gasteiger charge is 2.23. The number of aryl methyl sites for hydroxylation is 3. The molecule has 3 aromatic heterocycles. The second-order valence-corrected chi connectivity index (χ2v) is 9.53. The van der Waals surface area contributed by atoms with Crippen LogP contribution in [0.15, 0.2) is 29.1 Å². The van der Waals surface area contributed by atoms with Crippen LogP contribution in [0.5, 0.6) is 0 Å². The van der Waals surface area contributed by atoms with Gasteiger partial charge in [0.25, 0.3) is 5.56 Å². The van der Waals surface area contributed by atoms with E-state index in [2.05, 4.69) is 20.3 Å². The normalized spacial score (nSPS) is 13.3. The third-order valence-corrected chi connectivity index (χ3v) is 7.10. The molecule has 0 saturated carbocycles. The highest BCUT2D eigenvalue weighted by atomic mass is 32.1. The second kappa shape index (κ2) is 9.41. The van der Waals surface area contributed by atoms with E-state index in [0.717, 1.165) is 42.8 Å². The van der Waals surface area contributed by atoms with Gasteiger partial charge in [0, 0.05) is 18.7 Å². The topological polar surface area (TPSA) is 138 Å². The molecule has 1 aliphatic rings. The van der Waals surface area contributed by atoms with Crippen molar-refractivity contribution >= 4 is 45.1 Å². The third kappa shape index (κ3) is 4.72. The van der Waals surface area contributed by atoms with Crippen molar-refractivity contribution in [1.29, 1.82) is 0 Å². The fraction of sp³-hybridized carbons (Fsp3) is 0.333. The van der Waals surface area contributed by atoms with Gasteiger partial charge in [-0.25, -0.2) is 9.78 Å². The lowest BCUT2D eigenvalue weighted by molar-refractivity contribution is 0.0467. The molecule has 180 valence electrons. The van der Waals surface area contributed by atoms with Gasteiger partial charge >= 0.3 is 5.97 Å². The number of carbonyl (C=O) groups is 1. The van der Waals surface area contributed by atoms with Crippen LogP contribution in [0.3, 0.4) is 0 Å². The van der Waals surface area contributed by atoms with Gasteiger partial charge in [0.1, 0.15) is 15.5 Å². The molecule has 5 rings (SSSR count). The number of ether oxygens (including phenoxy) is 1. The Morgan fingerprint density at radius 1 is 1.11 bits per heavy atom. The van der Waals surface area contributed by atoms with Crippen LogP contribution < -0.4 is 16.6 Å². The van der Waals surface area contributed by atoms with Gasteiger partial charge in [-0.2, -0.15) is 15.0 Å². The number of nitrogens with two attached hydrogens (primary N) is 1. The summed E-state index contributed by atoms with van der Waals surface area (Å²) in [5.74, 6) is 0.707. The summed E-state index contributed by atoms with van der Waals surface area (Å²) in [5.41, 5.74) is 8.25. The molecule has 0 amide bonds. The number of nitrogen functional groups attached to an aromatic ring is 1. The summed E-state index contributed by atoms with van der Waals surface area (Å²) in [5, 5.41) is 3.56. The number of hydrogen-bond acceptors (Lipinski definition) is 10. The first-order valence-corrected chi connectivity index (χ1v) is 12.2. The highest BCUT2D eigenvalue weighted by Crippen LogP contribution is 2.29. The fourth-order valence-electron chi connectivity index (χ4n) is 4.12. The van der Waals surface area contributed by atoms with E-state index in [9.17, 15) is 9.59 Å². The van der Waals surface area contributed by atoms with Crippen molar-refractivity contribution in [2.45, 2.75) is 52.7 Å². The number of nitrogens with one attached hydrogen (secondary N) is 1. The molecule has 35 heavy (non-hydrogen) atoms. The van der Waals surface area contributed by atoms with Crippen molar-refractivity contribution in [2.75, 3.05) is 11.1 Å². The maximum Gasteiger partial charge on any atom is 0.349 e. The zero-order chi connectivity index (χ0) is 24.5. The molecule has 11 heteroatoms. The smallest absolute Gasteiger partial charge is 0.349 e. The molecule has 0 unspecified atom stereocenters. The number of esters is 1. The summed E-state index contributed by atoms with van der Waals surface area (Å²) in [4.78, 5) is 44.2. The Morgan fingerprint density at radius 3 is 2.71 bits per heavy atom. The number of hydrogen-bond donors (Lipinski definition) is 2. The predicted octanol–water partition coefficient (Wildman–Crippen LogP) is 3.67. The minimum atomic E-state index is -0.558. The number of benzene rings is 1. The second-order valence-electron chi connectivity index (χ2n) is 8.53. The minimum Gasteiger partial charge on any atom is -0.453 e. The Labute approximate surface area is 205 Å². The van der Waals surface area contributed by atoms with Crippen LogP contribution in [-0.2, 0) is 24.3 Å². The van der Waals surface area contributed by atoms with Crippen molar-refractivity contribution in [3.63, 3.8) is 0 Å². The largest absolute Gasteiger partial charge is 0.453 e. The van der Waals surface area contributed by atoms with Gasteiger partial charge in [0.15, 0.2) is 12.4 Å². The molecule has 1 aliphatic heterocycles. The maximum absolute atomic E-state index is 13.1. The van der Waals surface area contributed by atoms with E-state index in [4.69, 9.17) is 15.5 Å². The number of carbonyl (C=O) groups excluding carboxylic acids is 1. The summed E-state index contributed by atoms with van der Waals surface area (Å²) in [6.45, 7) is 4.22. The Balaban J connectivity index is 1.36. The van der Waals surface area contributed by atoms with E-state index in [-0.39, 0.29) is 29.9 Å². The van der Waals surface area contributed by atoms with Crippen molar-refractivity contribution in [3.8, 4) is 0 Å². The van der Waals surface area contributed by atoms with Crippen molar-refractivity contribution < 1.29 is 9.53 Å². The zero-order valence-corrected chi connectivity index (χ0v) is 20.3. The molecule has 1 aromatic carbocycles. The highest BCUT2D eigenvalue weighted by molar-refractivity contribution is 7.20. The van der Waals surface area contributed by atoms with Gasteiger partial charge in [0.2, 0.25) is 11.9 Å². The Hall–Kier alpha value is -3.86. The maximum atomic E-state index is 13.1. The van der Waals surface area contributed by atoms with Gasteiger partial charge in [-0.15, -0.1) is 11.3 Å². The summed E-state index contributed by atoms with van der Waals surface area (Å²) in [6, 6.07) is 7.72. The van der Waals surface area contributed by atoms with E-state index in [1.165, 1.54) is 11.3 Å². The zero-order valence-electron chi connectivity index (χ0n) is 19.5. The number of nitrogens with zero attached hydrogens (tertiary/aromatic N) is 5. The number of fused-ring (bicyclic) bond motifs is 2. The molecule has 4 heterocycles. The Bertz CT molecular complexity index is 1480. The van der Waals surface area contributed by atoms with E-state index < -0.39 is 5.97 Å². The number of anilines is 3. The average molecular weight is 492 g/mol. The van der Waals surface area contributed by atoms with Crippen molar-refractivity contribution in [1.82, 2.24) is 24.5 Å². The summed E-state index contributed by atoms with van der Waals surface area (Å²) in [6.07, 6.45) is 3.81. The van der Waals surface area contributed by atoms with Crippen LogP contribution in [0.1, 0.15) is 51.7 Å². The lowest BCUT2D eigenvalue weighted by Gasteiger charge is -2.08. The number of rotatable bonds is 5. The van der Waals surface area contributed by atoms with Crippen LogP contribution in [-0.4, -0.2) is 30.5 Å². The van der Waals surface area contributed by atoms with E-state index >= 15 is 0 Å². The lowest BCUT2D eigenvalue weighted by atomic mass is 10.2. The molecule has 0 bridgehead atoms. The van der Waals surface area contributed by atoms with Gasteiger partial charge in [-0.3, -0.25) is 9.36 Å². The standard InChI is InChI=1S/C24H25N7O3S/c1-13-7-9-15(10-8-13)26-24-28-16(27-23(25)30-24)12-34-22(33)19-14(2)18-20(35-19)29-17-6-4-3-5-11-31(17)21(18)32/h7-10H,3-6,11-12H2,1-2H3,(H3,25,26,27,28,30). The minimum absolute atomic E-state index is 0.0115. The molecule has 3 N–H and O–H groups in total. The van der Waals surface area contributed by atoms with Crippen LogP contribution in [0.4, 0.5) is 17.6 Å². The Kier molecular flexibility index (Phi) is 6.16. The molecule has 10 nitrogen and oxygen atoms in total. The van der Waals surface area contributed by atoms with Crippen LogP contribution in [0, 0.1) is 13.8 Å². The first-order valence-electron chi connectivity index (χ1n) is 11.4. The lowest BCUT2D eigenvalue weighted by Crippen LogP contribution is -2.24. The Morgan fingerprint density at radius 2 is 1.91 bits per heavy atom. The first kappa shape index (κ1) is 22.9. The van der Waals surface area contributed by atoms with Crippen LogP contribution in [0.25, 0.3) is 10.2 Å². The van der Waals surface area contributed by atoms with Crippen molar-refractivity contribution in [2.24, 2.45) is 0 Å². The quantitative estimate of drug-likeness (QED) is 0.400. The molecule has 0 radical (unpaired) electrons. The van der Waals surface area contributed by atoms with E-state index in [0.29, 0.717) is 27.2 Å². The van der Waals surface area contributed by atoms with Gasteiger partial charge in [-0.05, 0) is 44.4 Å². The van der Waals surface area contributed by atoms with E-state index in [1.54, 1.807) is 11.5 Å². The third-order valence-electron chi connectivity index (χ3n) is 5.94.